The molecule has 6 heteroatoms. The molecule has 2 N–H and O–H groups in total. The Morgan fingerprint density at radius 2 is 1.66 bits per heavy atom. The number of rotatable bonds is 6. The Hall–Kier alpha value is -2.34. The van der Waals surface area contributed by atoms with Gasteiger partial charge in [0.1, 0.15) is 0 Å². The quantitative estimate of drug-likeness (QED) is 0.744. The van der Waals surface area contributed by atoms with Gasteiger partial charge in [-0.25, -0.2) is 8.42 Å². The molecule has 156 valence electrons. The molecule has 0 spiro atoms. The predicted octanol–water partition coefficient (Wildman–Crippen LogP) is 4.19. The fourth-order valence-electron chi connectivity index (χ4n) is 4.21. The van der Waals surface area contributed by atoms with Gasteiger partial charge in [0.05, 0.1) is 11.7 Å². The molecular formula is C23H30N2O3S. The number of carbonyl (C=O) groups is 1. The smallest absolute Gasteiger partial charge is 0.230 e. The first-order valence-electron chi connectivity index (χ1n) is 10.1. The van der Waals surface area contributed by atoms with E-state index in [0.717, 1.165) is 49.5 Å². The van der Waals surface area contributed by atoms with Crippen LogP contribution >= 0.6 is 0 Å². The number of benzene rings is 2. The third kappa shape index (κ3) is 5.18. The zero-order chi connectivity index (χ0) is 21.1. The van der Waals surface area contributed by atoms with Crippen LogP contribution in [-0.2, 0) is 26.8 Å². The molecule has 0 aromatic heterocycles. The summed E-state index contributed by atoms with van der Waals surface area (Å²) in [6, 6.07) is 13.5. The second-order valence-corrected chi connectivity index (χ2v) is 9.96. The van der Waals surface area contributed by atoms with E-state index in [9.17, 15) is 13.2 Å². The average Bonchev–Trinajstić information content (AvgIpc) is 2.68. The molecule has 0 saturated heterocycles. The van der Waals surface area contributed by atoms with Crippen molar-refractivity contribution in [2.45, 2.75) is 57.9 Å². The summed E-state index contributed by atoms with van der Waals surface area (Å²) in [5.74, 6) is 0.0573. The van der Waals surface area contributed by atoms with Crippen molar-refractivity contribution in [1.82, 2.24) is 5.32 Å². The molecule has 2 aromatic carbocycles. The molecule has 5 nitrogen and oxygen atoms in total. The van der Waals surface area contributed by atoms with Gasteiger partial charge >= 0.3 is 0 Å². The van der Waals surface area contributed by atoms with Crippen LogP contribution in [0.3, 0.4) is 0 Å². The van der Waals surface area contributed by atoms with Crippen LogP contribution in [0.25, 0.3) is 0 Å². The number of carbonyl (C=O) groups excluding carboxylic acids is 1. The summed E-state index contributed by atoms with van der Waals surface area (Å²) in [7, 11) is -3.32. The number of nitrogens with one attached hydrogen (secondary N) is 2. The number of hydrogen-bond acceptors (Lipinski definition) is 3. The van der Waals surface area contributed by atoms with Gasteiger partial charge in [0.2, 0.25) is 15.9 Å². The van der Waals surface area contributed by atoms with Crippen LogP contribution in [0, 0.1) is 13.8 Å². The number of anilines is 1. The summed E-state index contributed by atoms with van der Waals surface area (Å²) in [5.41, 5.74) is 4.40. The van der Waals surface area contributed by atoms with Gasteiger partial charge < -0.3 is 5.32 Å². The minimum absolute atomic E-state index is 0.0573. The van der Waals surface area contributed by atoms with Gasteiger partial charge in [0, 0.05) is 12.2 Å². The van der Waals surface area contributed by atoms with Gasteiger partial charge in [-0.15, -0.1) is 0 Å². The maximum Gasteiger partial charge on any atom is 0.230 e. The first kappa shape index (κ1) is 21.4. The lowest BCUT2D eigenvalue weighted by Crippen LogP contribution is -2.45. The van der Waals surface area contributed by atoms with E-state index in [-0.39, 0.29) is 5.91 Å². The Labute approximate surface area is 174 Å². The van der Waals surface area contributed by atoms with Gasteiger partial charge in [-0.2, -0.15) is 0 Å². The molecule has 1 saturated carbocycles. The summed E-state index contributed by atoms with van der Waals surface area (Å²) < 4.78 is 25.4. The molecule has 0 heterocycles. The van der Waals surface area contributed by atoms with E-state index in [4.69, 9.17) is 0 Å². The third-order valence-corrected chi connectivity index (χ3v) is 6.43. The zero-order valence-electron chi connectivity index (χ0n) is 17.4. The van der Waals surface area contributed by atoms with Crippen molar-refractivity contribution in [3.63, 3.8) is 0 Å². The van der Waals surface area contributed by atoms with Crippen LogP contribution < -0.4 is 10.0 Å². The van der Waals surface area contributed by atoms with Gasteiger partial charge in [0.15, 0.2) is 0 Å². The third-order valence-electron chi connectivity index (χ3n) is 5.83. The number of amides is 1. The van der Waals surface area contributed by atoms with Crippen LogP contribution in [0.15, 0.2) is 42.5 Å². The van der Waals surface area contributed by atoms with Crippen molar-refractivity contribution >= 4 is 21.6 Å². The Morgan fingerprint density at radius 1 is 1.00 bits per heavy atom. The summed E-state index contributed by atoms with van der Waals surface area (Å²) >= 11 is 0. The van der Waals surface area contributed by atoms with Crippen molar-refractivity contribution < 1.29 is 13.2 Å². The van der Waals surface area contributed by atoms with Crippen LogP contribution in [0.5, 0.6) is 0 Å². The number of aryl methyl sites for hydroxylation is 2. The predicted molar refractivity (Wildman–Crippen MR) is 117 cm³/mol. The Bertz CT molecular complexity index is 976. The molecule has 1 fully saturated rings. The highest BCUT2D eigenvalue weighted by molar-refractivity contribution is 7.92. The summed E-state index contributed by atoms with van der Waals surface area (Å²) in [6.07, 6.45) is 5.92. The number of sulfonamides is 1. The van der Waals surface area contributed by atoms with E-state index >= 15 is 0 Å². The standard InChI is InChI=1S/C23H30N2O3S/c1-17-7-8-18(2)19(15-17)16-24-22(26)23(13-5-4-6-14-23)20-9-11-21(12-10-20)25-29(3,27)28/h7-12,15,25H,4-6,13-14,16H2,1-3H3,(H,24,26). The van der Waals surface area contributed by atoms with Crippen LogP contribution in [0.2, 0.25) is 0 Å². The van der Waals surface area contributed by atoms with Gasteiger partial charge in [-0.3, -0.25) is 9.52 Å². The van der Waals surface area contributed by atoms with Crippen molar-refractivity contribution in [2.75, 3.05) is 11.0 Å². The van der Waals surface area contributed by atoms with Gasteiger partial charge in [-0.1, -0.05) is 55.2 Å². The van der Waals surface area contributed by atoms with E-state index in [1.807, 2.05) is 12.1 Å². The summed E-state index contributed by atoms with van der Waals surface area (Å²) in [5, 5.41) is 3.18. The Kier molecular flexibility index (Phi) is 6.32. The van der Waals surface area contributed by atoms with Crippen molar-refractivity contribution in [3.05, 3.63) is 64.7 Å². The highest BCUT2D eigenvalue weighted by atomic mass is 32.2. The highest BCUT2D eigenvalue weighted by Crippen LogP contribution is 2.40. The molecule has 2 aromatic rings. The maximum atomic E-state index is 13.4. The topological polar surface area (TPSA) is 75.3 Å². The summed E-state index contributed by atoms with van der Waals surface area (Å²) in [6.45, 7) is 4.63. The Morgan fingerprint density at radius 3 is 2.28 bits per heavy atom. The van der Waals surface area contributed by atoms with E-state index in [0.29, 0.717) is 12.2 Å². The SMILES string of the molecule is Cc1ccc(C)c(CNC(=O)C2(c3ccc(NS(C)(=O)=O)cc3)CCCCC2)c1. The fraction of sp³-hybridized carbons (Fsp3) is 0.435. The Balaban J connectivity index is 1.82. The minimum Gasteiger partial charge on any atom is -0.351 e. The first-order valence-corrected chi connectivity index (χ1v) is 12.0. The van der Waals surface area contributed by atoms with Crippen molar-refractivity contribution in [1.29, 1.82) is 0 Å². The second-order valence-electron chi connectivity index (χ2n) is 8.21. The monoisotopic (exact) mass is 414 g/mol. The average molecular weight is 415 g/mol. The molecule has 3 rings (SSSR count). The molecule has 1 aliphatic rings. The first-order chi connectivity index (χ1) is 13.7. The van der Waals surface area contributed by atoms with Crippen LogP contribution in [0.1, 0.15) is 54.4 Å². The molecular weight excluding hydrogens is 384 g/mol. The lowest BCUT2D eigenvalue weighted by Gasteiger charge is -2.36. The van der Waals surface area contributed by atoms with E-state index in [1.54, 1.807) is 12.1 Å². The van der Waals surface area contributed by atoms with Gasteiger partial charge in [-0.05, 0) is 55.5 Å². The molecule has 0 unspecified atom stereocenters. The fourth-order valence-corrected chi connectivity index (χ4v) is 4.77. The molecule has 1 amide bonds. The van der Waals surface area contributed by atoms with E-state index < -0.39 is 15.4 Å². The molecule has 0 aliphatic heterocycles. The largest absolute Gasteiger partial charge is 0.351 e. The molecule has 1 aliphatic carbocycles. The highest BCUT2D eigenvalue weighted by Gasteiger charge is 2.40. The van der Waals surface area contributed by atoms with Crippen molar-refractivity contribution in [3.8, 4) is 0 Å². The number of hydrogen-bond donors (Lipinski definition) is 2. The van der Waals surface area contributed by atoms with E-state index in [1.165, 1.54) is 11.1 Å². The van der Waals surface area contributed by atoms with Crippen LogP contribution in [-0.4, -0.2) is 20.6 Å². The molecule has 0 bridgehead atoms. The molecule has 29 heavy (non-hydrogen) atoms. The van der Waals surface area contributed by atoms with E-state index in [2.05, 4.69) is 42.1 Å². The molecule has 0 atom stereocenters. The molecule has 0 radical (unpaired) electrons. The lowest BCUT2D eigenvalue weighted by atomic mass is 9.68. The van der Waals surface area contributed by atoms with Crippen LogP contribution in [0.4, 0.5) is 5.69 Å². The minimum atomic E-state index is -3.32. The lowest BCUT2D eigenvalue weighted by molar-refractivity contribution is -0.128. The zero-order valence-corrected chi connectivity index (χ0v) is 18.2. The maximum absolute atomic E-state index is 13.4. The normalized spacial score (nSPS) is 16.2. The van der Waals surface area contributed by atoms with Crippen molar-refractivity contribution in [2.24, 2.45) is 0 Å². The summed E-state index contributed by atoms with van der Waals surface area (Å²) in [4.78, 5) is 13.4. The van der Waals surface area contributed by atoms with Gasteiger partial charge in [0.25, 0.3) is 0 Å². The second kappa shape index (κ2) is 8.57.